The van der Waals surface area contributed by atoms with Crippen molar-refractivity contribution < 1.29 is 117 Å². The van der Waals surface area contributed by atoms with Gasteiger partial charge < -0.3 is 121 Å². The Morgan fingerprint density at radius 3 is 1.77 bits per heavy atom. The smallest absolute Gasteiger partial charge is 0.329 e. The van der Waals surface area contributed by atoms with Crippen molar-refractivity contribution in [2.45, 2.75) is 283 Å². The van der Waals surface area contributed by atoms with Crippen molar-refractivity contribution in [3.8, 4) is 0 Å². The van der Waals surface area contributed by atoms with E-state index in [1.807, 2.05) is 13.8 Å². The molecule has 39 heteroatoms. The molecule has 23 N–H and O–H groups in total. The van der Waals surface area contributed by atoms with Crippen LogP contribution in [0.2, 0.25) is 0 Å². The molecule has 0 aromatic rings. The molecule has 39 nitrogen and oxygen atoms in total. The Morgan fingerprint density at radius 2 is 1.23 bits per heavy atom. The molecular formula is C75H131N15O24. The van der Waals surface area contributed by atoms with E-state index in [2.05, 4.69) is 54.8 Å². The van der Waals surface area contributed by atoms with E-state index in [1.165, 1.54) is 34.6 Å². The highest BCUT2D eigenvalue weighted by Crippen LogP contribution is 2.30. The molecule has 0 aliphatic carbocycles. The van der Waals surface area contributed by atoms with E-state index >= 15 is 19.2 Å². The number of likely N-dealkylation sites (N-methyl/N-ethyl adjacent to an activating group) is 1. The van der Waals surface area contributed by atoms with Gasteiger partial charge in [-0.15, -0.1) is 0 Å². The first-order chi connectivity index (χ1) is 53.3. The lowest BCUT2D eigenvalue weighted by molar-refractivity contribution is -0.168. The maximum atomic E-state index is 15.5. The van der Waals surface area contributed by atoms with Crippen molar-refractivity contribution in [3.63, 3.8) is 0 Å². The number of nitrogens with two attached hydrogens (primary N) is 4. The average molecular weight is 1630 g/mol. The largest absolute Gasteiger partial charge is 0.481 e. The summed E-state index contributed by atoms with van der Waals surface area (Å²) in [6.07, 6.45) is -11.9. The predicted octanol–water partition coefficient (Wildman–Crippen LogP) is -3.88. The number of methoxy groups -OCH3 is 1. The zero-order valence-corrected chi connectivity index (χ0v) is 68.6. The lowest BCUT2D eigenvalue weighted by Gasteiger charge is -2.39. The molecule has 2 fully saturated rings. The third-order valence-corrected chi connectivity index (χ3v) is 22.0. The van der Waals surface area contributed by atoms with Crippen LogP contribution in [-0.4, -0.2) is 273 Å². The van der Waals surface area contributed by atoms with Gasteiger partial charge in [-0.2, -0.15) is 0 Å². The molecule has 2 aliphatic rings. The number of primary amides is 2. The van der Waals surface area contributed by atoms with Gasteiger partial charge in [0, 0.05) is 39.5 Å². The number of carboxylic acids is 2. The zero-order chi connectivity index (χ0) is 87.0. The van der Waals surface area contributed by atoms with Gasteiger partial charge >= 0.3 is 17.9 Å². The highest BCUT2D eigenvalue weighted by Gasteiger charge is 2.48. The standard InChI is InChI=1S/C75H131N15O24/c1-16-37(6)32-38(7)40(9)59(97)43(12)64(101)81-46(21-19-28-76)65(102)80-45(24-27-54(93)94)60(98)61(99)72(109)86-56(41(10)42(11)63(79)100)69(106)88-58-62(39(8)36(4)5)114-75(112)52-23-17-18-30-90(52)74(111)49(33-55(95)96)84-70(107)57(44(13)113-15)87-68(105)51(25-26-53(78)92)89(14)73(110)48(31-35(2)3)83-66(103)47(22-20-29-77)82-67(104)50(34-91)85-71(58)108/h35-52,56-62,91,97-99H,16-34,76-77H2,1-15H3,(H2,78,92)(H2,79,100)(H,80,102)(H,81,101)(H,82,104)(H,83,103)(H,84,107)(H,85,108)(H,86,109)(H,87,105)(H,88,106)(H,93,94)(H,95,96)/t37-,38-,39-,40-,41+,42-,43-,44-,45+,46-,47-,48+,49-,50-,51+,52+,56+,57+,58-,59-,60-,61-,62-/m1/s1. The Morgan fingerprint density at radius 1 is 0.632 bits per heavy atom. The number of amides is 13. The molecule has 0 spiro atoms. The minimum atomic E-state index is -2.73. The molecule has 650 valence electrons. The first-order valence-corrected chi connectivity index (χ1v) is 39.4. The lowest BCUT2D eigenvalue weighted by Crippen LogP contribution is -2.65. The fourth-order valence-corrected chi connectivity index (χ4v) is 13.5. The quantitative estimate of drug-likeness (QED) is 0.0261. The van der Waals surface area contributed by atoms with Crippen molar-refractivity contribution in [2.24, 2.45) is 76.2 Å². The summed E-state index contributed by atoms with van der Waals surface area (Å²) in [5, 5.41) is 88.2. The normalized spacial score (nSPS) is 24.6. The molecule has 0 aromatic carbocycles. The van der Waals surface area contributed by atoms with Crippen LogP contribution in [0, 0.1) is 53.3 Å². The van der Waals surface area contributed by atoms with Crippen LogP contribution < -0.4 is 70.8 Å². The summed E-state index contributed by atoms with van der Waals surface area (Å²) in [5.74, 6) is -25.9. The molecule has 0 bridgehead atoms. The number of rotatable bonds is 40. The number of cyclic esters (lactones) is 1. The fourth-order valence-electron chi connectivity index (χ4n) is 13.5. The number of piperidine rings is 1. The average Bonchev–Trinajstić information content (AvgIpc) is 0.829. The van der Waals surface area contributed by atoms with Gasteiger partial charge in [-0.25, -0.2) is 4.79 Å². The second-order valence-corrected chi connectivity index (χ2v) is 31.4. The van der Waals surface area contributed by atoms with E-state index in [1.54, 1.807) is 34.6 Å². The summed E-state index contributed by atoms with van der Waals surface area (Å²) < 4.78 is 11.7. The number of esters is 1. The van der Waals surface area contributed by atoms with Crippen molar-refractivity contribution in [2.75, 3.05) is 40.4 Å². The number of carbonyl (C=O) groups excluding carboxylic acids is 14. The van der Waals surface area contributed by atoms with Gasteiger partial charge in [0.1, 0.15) is 72.6 Å². The molecule has 114 heavy (non-hydrogen) atoms. The van der Waals surface area contributed by atoms with Gasteiger partial charge in [-0.1, -0.05) is 89.5 Å². The molecular weight excluding hydrogens is 1490 g/mol. The number of aliphatic hydroxyl groups is 4. The maximum Gasteiger partial charge on any atom is 0.329 e. The van der Waals surface area contributed by atoms with E-state index in [0.29, 0.717) is 5.92 Å². The van der Waals surface area contributed by atoms with Crippen molar-refractivity contribution in [1.29, 1.82) is 0 Å². The Hall–Kier alpha value is -8.76. The van der Waals surface area contributed by atoms with Crippen LogP contribution in [0.4, 0.5) is 0 Å². The van der Waals surface area contributed by atoms with E-state index in [0.717, 1.165) is 36.8 Å². The second-order valence-electron chi connectivity index (χ2n) is 31.4. The van der Waals surface area contributed by atoms with Gasteiger partial charge in [-0.05, 0) is 132 Å². The van der Waals surface area contributed by atoms with E-state index in [9.17, 15) is 88.2 Å². The molecule has 2 rings (SSSR count). The van der Waals surface area contributed by atoms with Crippen LogP contribution in [0.15, 0.2) is 0 Å². The highest BCUT2D eigenvalue weighted by atomic mass is 16.5. The Labute approximate surface area is 666 Å². The van der Waals surface area contributed by atoms with Crippen LogP contribution in [0.1, 0.15) is 186 Å². The third-order valence-electron chi connectivity index (χ3n) is 22.0. The number of hydrogen-bond acceptors (Lipinski definition) is 24. The SMILES string of the molecule is CC[C@@H](C)C[C@@H](C)[C@@H](C)[C@@H](O)[C@@H](C)C(=O)N[C@H](CCCN)C(=O)N[C@@H](CCC(=O)O)[C@@H](O)[C@@H](O)C(=O)N[C@H](C(=O)N[C@H]1C(=O)N[C@H](CO)C(=O)N[C@H](CCCN)C(=O)N[C@@H](CC(C)C)C(=O)N(C)[C@@H](CCC(N)=O)C(=O)N[C@@H]([C@@H](C)OC)C(=O)N[C@H](CC(=O)O)C(=O)N2CCCC[C@H]2C(=O)O[C@@H]1[C@H](C)C(C)C)[C@@H](C)[C@@H](C)C(N)=O. The topological polar surface area (TPSA) is 632 Å². The molecule has 2 heterocycles. The van der Waals surface area contributed by atoms with Gasteiger partial charge in [0.05, 0.1) is 37.2 Å². The Bertz CT molecular complexity index is 3260. The van der Waals surface area contributed by atoms with Gasteiger partial charge in [0.25, 0.3) is 5.91 Å². The molecule has 13 amide bonds. The molecule has 2 aliphatic heterocycles. The number of ether oxygens (including phenoxy) is 2. The third kappa shape index (κ3) is 31.1. The lowest BCUT2D eigenvalue weighted by atomic mass is 9.79. The fraction of sp³-hybridized carbons (Fsp3) is 0.787. The summed E-state index contributed by atoms with van der Waals surface area (Å²) in [5.41, 5.74) is 23.0. The number of fused-ring (bicyclic) bond motifs is 1. The number of aliphatic carboxylic acids is 2. The number of nitrogens with one attached hydrogen (secondary N) is 9. The van der Waals surface area contributed by atoms with Crippen LogP contribution >= 0.6 is 0 Å². The molecule has 0 unspecified atom stereocenters. The van der Waals surface area contributed by atoms with Crippen LogP contribution in [0.25, 0.3) is 0 Å². The minimum Gasteiger partial charge on any atom is -0.481 e. The zero-order valence-electron chi connectivity index (χ0n) is 68.6. The first kappa shape index (κ1) is 101. The summed E-state index contributed by atoms with van der Waals surface area (Å²) in [6, 6.07) is -20.3. The first-order valence-electron chi connectivity index (χ1n) is 39.4. The van der Waals surface area contributed by atoms with E-state index in [4.69, 9.17) is 32.4 Å². The van der Waals surface area contributed by atoms with E-state index < -0.39 is 266 Å². The molecule has 0 radical (unpaired) electrons. The van der Waals surface area contributed by atoms with Crippen LogP contribution in [-0.2, 0) is 86.2 Å². The van der Waals surface area contributed by atoms with Gasteiger partial charge in [0.15, 0.2) is 6.10 Å². The monoisotopic (exact) mass is 1630 g/mol. The molecule has 0 aromatic heterocycles. The Kier molecular flexibility index (Phi) is 43.7. The number of aliphatic hydroxyl groups excluding tert-OH is 4. The maximum absolute atomic E-state index is 15.5. The van der Waals surface area contributed by atoms with Crippen LogP contribution in [0.5, 0.6) is 0 Å². The summed E-state index contributed by atoms with van der Waals surface area (Å²) in [6.45, 7) is 19.4. The number of nitrogens with zero attached hydrogens (tertiary/aromatic N) is 2. The highest BCUT2D eigenvalue weighted by molar-refractivity contribution is 6.00. The molecule has 2 saturated heterocycles. The van der Waals surface area contributed by atoms with Crippen molar-refractivity contribution in [3.05, 3.63) is 0 Å². The van der Waals surface area contributed by atoms with E-state index in [-0.39, 0.29) is 82.8 Å². The summed E-state index contributed by atoms with van der Waals surface area (Å²) >= 11 is 0. The minimum absolute atomic E-state index is 0.0121. The predicted molar refractivity (Wildman–Crippen MR) is 411 cm³/mol. The number of hydrogen-bond donors (Lipinski definition) is 19. The number of carbonyl (C=O) groups is 16. The second kappa shape index (κ2) is 49.2. The molecule has 23 atom stereocenters. The van der Waals surface area contributed by atoms with Crippen molar-refractivity contribution >= 4 is 94.7 Å². The Balaban J connectivity index is 3.11. The number of carboxylic acid groups (broad SMARTS) is 2. The summed E-state index contributed by atoms with van der Waals surface area (Å²) in [7, 11) is 2.31. The molecule has 0 saturated carbocycles. The summed E-state index contributed by atoms with van der Waals surface area (Å²) in [4.78, 5) is 229. The van der Waals surface area contributed by atoms with Crippen molar-refractivity contribution in [1.82, 2.24) is 57.7 Å². The van der Waals surface area contributed by atoms with Gasteiger partial charge in [-0.3, -0.25) is 71.9 Å². The van der Waals surface area contributed by atoms with Crippen LogP contribution in [0.3, 0.4) is 0 Å². The van der Waals surface area contributed by atoms with Gasteiger partial charge in [0.2, 0.25) is 70.9 Å².